The number of aliphatic hydroxyl groups is 4. The molecule has 0 radical (unpaired) electrons. The minimum atomic E-state index is -1.42. The molecule has 0 saturated heterocycles. The first-order valence-corrected chi connectivity index (χ1v) is 3.20. The topological polar surface area (TPSA) is 107 Å². The fraction of sp³-hybridized carbons (Fsp3) is 0.500. The second-order valence-electron chi connectivity index (χ2n) is 2.31. The van der Waals surface area contributed by atoms with Crippen molar-refractivity contribution in [3.63, 3.8) is 0 Å². The van der Waals surface area contributed by atoms with E-state index in [0.29, 0.717) is 0 Å². The summed E-state index contributed by atoms with van der Waals surface area (Å²) in [5.41, 5.74) is 0. The van der Waals surface area contributed by atoms with Gasteiger partial charge in [-0.2, -0.15) is 0 Å². The van der Waals surface area contributed by atoms with E-state index in [1.165, 1.54) is 0 Å². The van der Waals surface area contributed by atoms with Crippen molar-refractivity contribution >= 4 is 5.97 Å². The molecular weight excluding hydrogens is 264 g/mol. The van der Waals surface area contributed by atoms with Crippen LogP contribution in [0.25, 0.3) is 0 Å². The zero-order valence-corrected chi connectivity index (χ0v) is 8.38. The van der Waals surface area contributed by atoms with Crippen LogP contribution in [0.1, 0.15) is 0 Å². The maximum Gasteiger partial charge on any atom is 0.377 e. The molecule has 0 aromatic carbocycles. The number of cyclic esters (lactones) is 1. The Morgan fingerprint density at radius 2 is 2.00 bits per heavy atom. The summed E-state index contributed by atoms with van der Waals surface area (Å²) < 4.78 is 4.32. The molecule has 1 rings (SSSR count). The quantitative estimate of drug-likeness (QED) is 0.363. The number of aliphatic hydroxyl groups excluding tert-OH is 4. The van der Waals surface area contributed by atoms with Gasteiger partial charge in [0.15, 0.2) is 11.9 Å². The van der Waals surface area contributed by atoms with Gasteiger partial charge >= 0.3 is 5.97 Å². The fourth-order valence-corrected chi connectivity index (χ4v) is 0.823. The van der Waals surface area contributed by atoms with E-state index in [2.05, 4.69) is 4.74 Å². The summed E-state index contributed by atoms with van der Waals surface area (Å²) in [5, 5.41) is 35.0. The van der Waals surface area contributed by atoms with E-state index in [4.69, 9.17) is 20.4 Å². The Bertz CT molecular complexity index is 237. The van der Waals surface area contributed by atoms with Crippen molar-refractivity contribution in [1.29, 1.82) is 0 Å². The molecule has 0 spiro atoms. The molecule has 0 unspecified atom stereocenters. The molecule has 0 saturated carbocycles. The summed E-state index contributed by atoms with van der Waals surface area (Å²) >= 11 is 0. The average molecular weight is 272 g/mol. The zero-order valence-electron chi connectivity index (χ0n) is 6.38. The standard InChI is InChI=1S/C6H8O6.Mo/c7-1-2(8)5-3(9)4(10)6(11)12-5;/h2,5,7-10H,1H2;/t2-,5+;/m0./s1. The normalized spacial score (nSPS) is 23.8. The van der Waals surface area contributed by atoms with Crippen LogP contribution in [0.4, 0.5) is 0 Å². The van der Waals surface area contributed by atoms with Crippen LogP contribution < -0.4 is 0 Å². The van der Waals surface area contributed by atoms with Gasteiger partial charge in [-0.25, -0.2) is 4.79 Å². The van der Waals surface area contributed by atoms with Gasteiger partial charge in [0.25, 0.3) is 0 Å². The smallest absolute Gasteiger partial charge is 0.377 e. The maximum absolute atomic E-state index is 10.5. The number of carbonyl (C=O) groups is 1. The van der Waals surface area contributed by atoms with Gasteiger partial charge in [0.2, 0.25) is 5.76 Å². The van der Waals surface area contributed by atoms with Crippen molar-refractivity contribution in [3.8, 4) is 0 Å². The van der Waals surface area contributed by atoms with Crippen LogP contribution in [-0.4, -0.2) is 45.2 Å². The van der Waals surface area contributed by atoms with Crippen molar-refractivity contribution in [2.24, 2.45) is 0 Å². The van der Waals surface area contributed by atoms with Crippen molar-refractivity contribution in [3.05, 3.63) is 11.5 Å². The number of hydrogen-bond acceptors (Lipinski definition) is 6. The van der Waals surface area contributed by atoms with E-state index in [-0.39, 0.29) is 21.1 Å². The van der Waals surface area contributed by atoms with Gasteiger partial charge in [-0.1, -0.05) is 0 Å². The van der Waals surface area contributed by atoms with Crippen LogP contribution in [0.5, 0.6) is 0 Å². The van der Waals surface area contributed by atoms with E-state index < -0.39 is 36.3 Å². The molecule has 2 atom stereocenters. The first-order chi connectivity index (χ1) is 5.57. The number of hydrogen-bond donors (Lipinski definition) is 4. The van der Waals surface area contributed by atoms with Crippen molar-refractivity contribution in [1.82, 2.24) is 0 Å². The summed E-state index contributed by atoms with van der Waals surface area (Å²) in [6, 6.07) is 0. The van der Waals surface area contributed by atoms with E-state index in [9.17, 15) is 4.79 Å². The number of ether oxygens (including phenoxy) is 1. The summed E-state index contributed by atoms with van der Waals surface area (Å²) in [6.45, 7) is -0.671. The molecule has 0 aliphatic carbocycles. The van der Waals surface area contributed by atoms with E-state index in [0.717, 1.165) is 0 Å². The Balaban J connectivity index is 0.00000144. The molecule has 0 fully saturated rings. The number of esters is 1. The molecule has 6 nitrogen and oxygen atoms in total. The summed E-state index contributed by atoms with van der Waals surface area (Å²) in [4.78, 5) is 10.5. The molecule has 7 heteroatoms. The van der Waals surface area contributed by atoms with Crippen LogP contribution in [0.15, 0.2) is 11.5 Å². The second kappa shape index (κ2) is 4.60. The molecule has 4 N–H and O–H groups in total. The van der Waals surface area contributed by atoms with Crippen LogP contribution in [-0.2, 0) is 30.6 Å². The van der Waals surface area contributed by atoms with E-state index in [1.807, 2.05) is 0 Å². The third kappa shape index (κ3) is 2.21. The van der Waals surface area contributed by atoms with Crippen molar-refractivity contribution in [2.75, 3.05) is 6.61 Å². The summed E-state index contributed by atoms with van der Waals surface area (Å²) in [7, 11) is 0. The van der Waals surface area contributed by atoms with Gasteiger partial charge < -0.3 is 25.2 Å². The zero-order chi connectivity index (χ0) is 9.30. The Kier molecular flexibility index (Phi) is 4.39. The molecular formula is C6H8MoO6. The molecule has 0 aromatic rings. The van der Waals surface area contributed by atoms with Crippen LogP contribution in [0, 0.1) is 0 Å². The summed E-state index contributed by atoms with van der Waals surface area (Å²) in [6.07, 6.45) is -2.78. The Morgan fingerprint density at radius 1 is 1.46 bits per heavy atom. The Morgan fingerprint density at radius 3 is 2.31 bits per heavy atom. The molecule has 13 heavy (non-hydrogen) atoms. The monoisotopic (exact) mass is 274 g/mol. The first kappa shape index (κ1) is 12.4. The molecule has 1 aliphatic rings. The van der Waals surface area contributed by atoms with E-state index >= 15 is 0 Å². The second-order valence-corrected chi connectivity index (χ2v) is 2.31. The van der Waals surface area contributed by atoms with Gasteiger partial charge in [-0.15, -0.1) is 0 Å². The number of carbonyl (C=O) groups excluding carboxylic acids is 1. The first-order valence-electron chi connectivity index (χ1n) is 3.20. The SMILES string of the molecule is O=C1O[C@H]([C@@H](O)CO)C(O)=C1O.[Mo]. The third-order valence-electron chi connectivity index (χ3n) is 1.48. The number of rotatable bonds is 2. The molecule has 74 valence electrons. The van der Waals surface area contributed by atoms with Crippen LogP contribution >= 0.6 is 0 Å². The molecule has 0 amide bonds. The molecule has 1 aliphatic heterocycles. The molecule has 0 aromatic heterocycles. The maximum atomic E-state index is 10.5. The van der Waals surface area contributed by atoms with Gasteiger partial charge in [0.05, 0.1) is 6.61 Å². The molecule has 1 heterocycles. The Labute approximate surface area is 87.7 Å². The van der Waals surface area contributed by atoms with E-state index in [1.54, 1.807) is 0 Å². The summed E-state index contributed by atoms with van der Waals surface area (Å²) in [5.74, 6) is -2.78. The van der Waals surface area contributed by atoms with Gasteiger partial charge in [0, 0.05) is 21.1 Å². The Hall–Kier alpha value is -0.582. The fourth-order valence-electron chi connectivity index (χ4n) is 0.823. The van der Waals surface area contributed by atoms with Gasteiger partial charge in [-0.3, -0.25) is 0 Å². The van der Waals surface area contributed by atoms with Crippen molar-refractivity contribution in [2.45, 2.75) is 12.2 Å². The largest absolute Gasteiger partial charge is 0.505 e. The van der Waals surface area contributed by atoms with Gasteiger partial charge in [0.1, 0.15) is 6.10 Å². The minimum Gasteiger partial charge on any atom is -0.505 e. The van der Waals surface area contributed by atoms with Crippen LogP contribution in [0.2, 0.25) is 0 Å². The average Bonchev–Trinajstić information content (AvgIpc) is 2.32. The predicted molar refractivity (Wildman–Crippen MR) is 35.3 cm³/mol. The minimum absolute atomic E-state index is 0. The third-order valence-corrected chi connectivity index (χ3v) is 1.48. The van der Waals surface area contributed by atoms with Crippen LogP contribution in [0.3, 0.4) is 0 Å². The van der Waals surface area contributed by atoms with Gasteiger partial charge in [-0.05, 0) is 0 Å². The predicted octanol–water partition coefficient (Wildman–Crippen LogP) is -1.41. The van der Waals surface area contributed by atoms with Crippen molar-refractivity contribution < 1.29 is 51.0 Å². The molecule has 0 bridgehead atoms.